The van der Waals surface area contributed by atoms with Crippen LogP contribution in [0.5, 0.6) is 0 Å². The van der Waals surface area contributed by atoms with Gasteiger partial charge in [-0.15, -0.1) is 11.6 Å². The van der Waals surface area contributed by atoms with Crippen molar-refractivity contribution < 1.29 is 9.59 Å². The molecule has 0 saturated carbocycles. The van der Waals surface area contributed by atoms with Gasteiger partial charge < -0.3 is 5.32 Å². The smallest absolute Gasteiger partial charge is 0.321 e. The highest BCUT2D eigenvalue weighted by Crippen LogP contribution is 2.15. The summed E-state index contributed by atoms with van der Waals surface area (Å²) in [4.78, 5) is 21.7. The molecule has 1 aliphatic rings. The van der Waals surface area contributed by atoms with Crippen molar-refractivity contribution in [2.75, 3.05) is 11.2 Å². The number of carbonyl (C=O) groups excluding carboxylic acids is 2. The van der Waals surface area contributed by atoms with E-state index >= 15 is 0 Å². The normalized spacial score (nSPS) is 30.0. The molecule has 0 aromatic heterocycles. The second kappa shape index (κ2) is 2.98. The maximum absolute atomic E-state index is 11.1. The molecule has 0 radical (unpaired) electrons. The second-order valence-corrected chi connectivity index (χ2v) is 3.09. The maximum atomic E-state index is 11.1. The lowest BCUT2D eigenvalue weighted by atomic mass is 10.1. The monoisotopic (exact) mass is 240 g/mol. The lowest BCUT2D eigenvalue weighted by Gasteiger charge is -2.18. The van der Waals surface area contributed by atoms with E-state index in [-0.39, 0.29) is 11.8 Å². The van der Waals surface area contributed by atoms with Crippen LogP contribution < -0.4 is 10.6 Å². The number of amides is 3. The summed E-state index contributed by atoms with van der Waals surface area (Å²) in [6.45, 7) is 0. The van der Waals surface area contributed by atoms with Crippen LogP contribution in [0.4, 0.5) is 4.79 Å². The molecule has 0 aliphatic carbocycles. The highest BCUT2D eigenvalue weighted by atomic mass is 79.9. The zero-order valence-electron chi connectivity index (χ0n) is 5.49. The summed E-state index contributed by atoms with van der Waals surface area (Å²) in [6, 6.07) is -0.491. The van der Waals surface area contributed by atoms with Gasteiger partial charge in [-0.2, -0.15) is 0 Å². The van der Waals surface area contributed by atoms with Crippen molar-refractivity contribution in [3.63, 3.8) is 0 Å². The number of halogens is 2. The van der Waals surface area contributed by atoms with Crippen LogP contribution >= 0.6 is 27.5 Å². The first-order chi connectivity index (χ1) is 5.14. The minimum absolute atomic E-state index is 0.0653. The standard InChI is InChI=1S/C5H6BrClN2O2/c6-1-5(2-7)3(10)8-4(11)9-5/h1-2H2,(H2,8,9,10,11). The van der Waals surface area contributed by atoms with Crippen molar-refractivity contribution in [1.82, 2.24) is 10.6 Å². The van der Waals surface area contributed by atoms with Crippen molar-refractivity contribution in [3.05, 3.63) is 0 Å². The number of hydrogen-bond acceptors (Lipinski definition) is 2. The summed E-state index contributed by atoms with van der Waals surface area (Å²) in [5.74, 6) is -0.315. The zero-order valence-corrected chi connectivity index (χ0v) is 7.83. The van der Waals surface area contributed by atoms with Gasteiger partial charge in [-0.1, -0.05) is 15.9 Å². The van der Waals surface area contributed by atoms with Crippen molar-refractivity contribution in [2.45, 2.75) is 5.54 Å². The Kier molecular flexibility index (Phi) is 2.39. The molecule has 3 amide bonds. The average Bonchev–Trinajstić information content (AvgIpc) is 2.27. The van der Waals surface area contributed by atoms with Crippen molar-refractivity contribution >= 4 is 39.5 Å². The minimum atomic E-state index is -0.960. The lowest BCUT2D eigenvalue weighted by molar-refractivity contribution is -0.122. The SMILES string of the molecule is O=C1NC(=O)C(CCl)(CBr)N1. The molecule has 1 saturated heterocycles. The molecule has 0 aromatic rings. The van der Waals surface area contributed by atoms with E-state index in [9.17, 15) is 9.59 Å². The molecule has 1 atom stereocenters. The molecule has 0 spiro atoms. The summed E-state index contributed by atoms with van der Waals surface area (Å²) in [5.41, 5.74) is -0.960. The van der Waals surface area contributed by atoms with E-state index in [1.807, 2.05) is 0 Å². The van der Waals surface area contributed by atoms with Crippen molar-refractivity contribution in [2.24, 2.45) is 0 Å². The third-order valence-electron chi connectivity index (χ3n) is 1.47. The molecular weight excluding hydrogens is 235 g/mol. The topological polar surface area (TPSA) is 58.2 Å². The fourth-order valence-corrected chi connectivity index (χ4v) is 1.86. The first kappa shape index (κ1) is 8.80. The van der Waals surface area contributed by atoms with E-state index in [0.29, 0.717) is 5.33 Å². The second-order valence-electron chi connectivity index (χ2n) is 2.26. The van der Waals surface area contributed by atoms with E-state index in [2.05, 4.69) is 26.6 Å². The van der Waals surface area contributed by atoms with Crippen LogP contribution in [0, 0.1) is 0 Å². The van der Waals surface area contributed by atoms with E-state index < -0.39 is 11.6 Å². The van der Waals surface area contributed by atoms with Gasteiger partial charge in [-0.25, -0.2) is 4.79 Å². The van der Waals surface area contributed by atoms with E-state index in [4.69, 9.17) is 11.6 Å². The number of nitrogens with one attached hydrogen (secondary N) is 2. The predicted octanol–water partition coefficient (Wildman–Crippen LogP) is 0.198. The van der Waals surface area contributed by atoms with Gasteiger partial charge in [0.15, 0.2) is 0 Å². The van der Waals surface area contributed by atoms with Crippen LogP contribution in [0.15, 0.2) is 0 Å². The molecule has 2 N–H and O–H groups in total. The maximum Gasteiger partial charge on any atom is 0.322 e. The quantitative estimate of drug-likeness (QED) is 0.536. The summed E-state index contributed by atoms with van der Waals surface area (Å²) in [5, 5.41) is 4.86. The van der Waals surface area contributed by atoms with E-state index in [1.54, 1.807) is 0 Å². The average molecular weight is 241 g/mol. The Hall–Kier alpha value is -0.290. The Labute approximate surface area is 76.8 Å². The highest BCUT2D eigenvalue weighted by Gasteiger charge is 2.44. The largest absolute Gasteiger partial charge is 0.322 e. The molecule has 1 rings (SSSR count). The molecule has 11 heavy (non-hydrogen) atoms. The Bertz CT molecular complexity index is 205. The van der Waals surface area contributed by atoms with Gasteiger partial charge in [0.25, 0.3) is 5.91 Å². The Morgan fingerprint density at radius 3 is 2.36 bits per heavy atom. The summed E-state index contributed by atoms with van der Waals surface area (Å²) < 4.78 is 0. The van der Waals surface area contributed by atoms with Crippen molar-refractivity contribution in [1.29, 1.82) is 0 Å². The molecule has 62 valence electrons. The van der Waals surface area contributed by atoms with Gasteiger partial charge in [-0.3, -0.25) is 10.1 Å². The minimum Gasteiger partial charge on any atom is -0.321 e. The van der Waals surface area contributed by atoms with Gasteiger partial charge in [0.2, 0.25) is 0 Å². The molecule has 1 heterocycles. The number of urea groups is 1. The Balaban J connectivity index is 2.84. The van der Waals surface area contributed by atoms with Gasteiger partial charge in [0.05, 0.1) is 5.88 Å². The van der Waals surface area contributed by atoms with Crippen LogP contribution in [-0.2, 0) is 4.79 Å². The molecule has 0 bridgehead atoms. The van der Waals surface area contributed by atoms with Crippen LogP contribution in [0.3, 0.4) is 0 Å². The van der Waals surface area contributed by atoms with Gasteiger partial charge in [0, 0.05) is 5.33 Å². The molecule has 1 unspecified atom stereocenters. The van der Waals surface area contributed by atoms with E-state index in [0.717, 1.165) is 0 Å². The fraction of sp³-hybridized carbons (Fsp3) is 0.600. The van der Waals surface area contributed by atoms with Crippen LogP contribution in [0.1, 0.15) is 0 Å². The number of imide groups is 1. The molecule has 1 aliphatic heterocycles. The first-order valence-corrected chi connectivity index (χ1v) is 4.56. The molecule has 0 aromatic carbocycles. The summed E-state index contributed by atoms with van der Waals surface area (Å²) in [6.07, 6.45) is 0. The summed E-state index contributed by atoms with van der Waals surface area (Å²) >= 11 is 8.62. The van der Waals surface area contributed by atoms with Crippen LogP contribution in [0.2, 0.25) is 0 Å². The van der Waals surface area contributed by atoms with E-state index in [1.165, 1.54) is 0 Å². The fourth-order valence-electron chi connectivity index (χ4n) is 0.752. The number of rotatable bonds is 2. The zero-order chi connectivity index (χ0) is 8.48. The first-order valence-electron chi connectivity index (χ1n) is 2.90. The number of hydrogen-bond donors (Lipinski definition) is 2. The van der Waals surface area contributed by atoms with Gasteiger partial charge in [0.1, 0.15) is 5.54 Å². The Morgan fingerprint density at radius 1 is 1.55 bits per heavy atom. The molecular formula is C5H6BrClN2O2. The third-order valence-corrected chi connectivity index (χ3v) is 2.88. The Morgan fingerprint density at radius 2 is 2.18 bits per heavy atom. The predicted molar refractivity (Wildman–Crippen MR) is 43.9 cm³/mol. The van der Waals surface area contributed by atoms with Crippen molar-refractivity contribution in [3.8, 4) is 0 Å². The third kappa shape index (κ3) is 1.35. The van der Waals surface area contributed by atoms with Gasteiger partial charge >= 0.3 is 6.03 Å². The highest BCUT2D eigenvalue weighted by molar-refractivity contribution is 9.09. The summed E-state index contributed by atoms with van der Waals surface area (Å²) in [7, 11) is 0. The van der Waals surface area contributed by atoms with Crippen LogP contribution in [0.25, 0.3) is 0 Å². The number of alkyl halides is 2. The van der Waals surface area contributed by atoms with Gasteiger partial charge in [-0.05, 0) is 0 Å². The lowest BCUT2D eigenvalue weighted by Crippen LogP contribution is -2.50. The molecule has 4 nitrogen and oxygen atoms in total. The molecule has 1 fully saturated rings. The van der Waals surface area contributed by atoms with Crippen LogP contribution in [-0.4, -0.2) is 28.7 Å². The number of carbonyl (C=O) groups is 2. The molecule has 6 heteroatoms.